The summed E-state index contributed by atoms with van der Waals surface area (Å²) in [6, 6.07) is 14.4. The molecule has 0 saturated heterocycles. The zero-order valence-corrected chi connectivity index (χ0v) is 18.9. The highest BCUT2D eigenvalue weighted by Crippen LogP contribution is 2.44. The molecule has 0 spiro atoms. The number of benzene rings is 2. The van der Waals surface area contributed by atoms with Crippen molar-refractivity contribution in [1.29, 1.82) is 0 Å². The first kappa shape index (κ1) is 22.8. The maximum Gasteiger partial charge on any atom is 0.407 e. The van der Waals surface area contributed by atoms with Gasteiger partial charge in [0.1, 0.15) is 18.7 Å². The van der Waals surface area contributed by atoms with Crippen LogP contribution in [-0.2, 0) is 14.3 Å². The van der Waals surface area contributed by atoms with Crippen LogP contribution < -0.4 is 10.6 Å². The number of alkyl carbamates (subject to hydrolysis) is 1. The van der Waals surface area contributed by atoms with Gasteiger partial charge in [-0.2, -0.15) is 0 Å². The lowest BCUT2D eigenvalue weighted by Gasteiger charge is -2.22. The van der Waals surface area contributed by atoms with Crippen molar-refractivity contribution in [3.63, 3.8) is 0 Å². The molecule has 0 aliphatic heterocycles. The molecule has 0 aromatic heterocycles. The quantitative estimate of drug-likeness (QED) is 0.537. The Morgan fingerprint density at radius 2 is 1.55 bits per heavy atom. The van der Waals surface area contributed by atoms with E-state index in [9.17, 15) is 19.5 Å². The number of hydrogen-bond donors (Lipinski definition) is 3. The third-order valence-electron chi connectivity index (χ3n) is 6.31. The first-order chi connectivity index (χ1) is 15.8. The normalized spacial score (nSPS) is 16.5. The lowest BCUT2D eigenvalue weighted by Crippen LogP contribution is -2.53. The van der Waals surface area contributed by atoms with Crippen molar-refractivity contribution in [2.24, 2.45) is 11.8 Å². The SMILES string of the molecule is CC(C)CC(NC(=O)C(NC(=O)OCC1c2ccccc2-c2ccccc21)C1CC1)C(=O)O. The molecule has 7 heteroatoms. The fraction of sp³-hybridized carbons (Fsp3) is 0.423. The summed E-state index contributed by atoms with van der Waals surface area (Å²) < 4.78 is 5.57. The lowest BCUT2D eigenvalue weighted by molar-refractivity contribution is -0.142. The summed E-state index contributed by atoms with van der Waals surface area (Å²) in [5.41, 5.74) is 4.51. The summed E-state index contributed by atoms with van der Waals surface area (Å²) in [6.45, 7) is 3.95. The third kappa shape index (κ3) is 5.18. The standard InChI is InChI=1S/C26H30N2O5/c1-15(2)13-22(25(30)31)27-24(29)23(16-11-12-16)28-26(32)33-14-21-19-9-5-3-7-17(19)18-8-4-6-10-20(18)21/h3-10,15-16,21-23H,11-14H2,1-2H3,(H,27,29)(H,28,32)(H,30,31). The molecular formula is C26H30N2O5. The molecule has 3 N–H and O–H groups in total. The van der Waals surface area contributed by atoms with Gasteiger partial charge in [-0.25, -0.2) is 9.59 Å². The Morgan fingerprint density at radius 3 is 2.06 bits per heavy atom. The number of carboxylic acid groups (broad SMARTS) is 1. The average molecular weight is 451 g/mol. The Hall–Kier alpha value is -3.35. The smallest absolute Gasteiger partial charge is 0.407 e. The van der Waals surface area contributed by atoms with Crippen molar-refractivity contribution < 1.29 is 24.2 Å². The van der Waals surface area contributed by atoms with Crippen LogP contribution in [0.3, 0.4) is 0 Å². The van der Waals surface area contributed by atoms with E-state index in [1.807, 2.05) is 50.2 Å². The zero-order chi connectivity index (χ0) is 23.5. The summed E-state index contributed by atoms with van der Waals surface area (Å²) in [6.07, 6.45) is 1.27. The maximum atomic E-state index is 12.8. The van der Waals surface area contributed by atoms with Crippen LogP contribution in [0.5, 0.6) is 0 Å². The Balaban J connectivity index is 1.39. The molecule has 174 valence electrons. The molecule has 2 aliphatic carbocycles. The number of carbonyl (C=O) groups is 3. The molecule has 2 amide bonds. The molecule has 7 nitrogen and oxygen atoms in total. The first-order valence-electron chi connectivity index (χ1n) is 11.5. The van der Waals surface area contributed by atoms with Crippen molar-refractivity contribution in [2.45, 2.75) is 51.1 Å². The molecular weight excluding hydrogens is 420 g/mol. The summed E-state index contributed by atoms with van der Waals surface area (Å²) in [7, 11) is 0. The van der Waals surface area contributed by atoms with Crippen LogP contribution in [0.25, 0.3) is 11.1 Å². The number of carboxylic acids is 1. The molecule has 0 bridgehead atoms. The molecule has 1 fully saturated rings. The summed E-state index contributed by atoms with van der Waals surface area (Å²) in [5.74, 6) is -1.51. The van der Waals surface area contributed by atoms with Crippen LogP contribution in [0.4, 0.5) is 4.79 Å². The number of nitrogens with one attached hydrogen (secondary N) is 2. The minimum atomic E-state index is -1.08. The van der Waals surface area contributed by atoms with Gasteiger partial charge in [0, 0.05) is 5.92 Å². The van der Waals surface area contributed by atoms with Crippen LogP contribution in [0.2, 0.25) is 0 Å². The van der Waals surface area contributed by atoms with Gasteiger partial charge < -0.3 is 20.5 Å². The molecule has 2 aliphatic rings. The monoisotopic (exact) mass is 450 g/mol. The molecule has 0 heterocycles. The second-order valence-corrected chi connectivity index (χ2v) is 9.31. The van der Waals surface area contributed by atoms with Gasteiger partial charge in [0.05, 0.1) is 0 Å². The van der Waals surface area contributed by atoms with Crippen molar-refractivity contribution in [1.82, 2.24) is 10.6 Å². The number of fused-ring (bicyclic) bond motifs is 3. The maximum absolute atomic E-state index is 12.8. The van der Waals surface area contributed by atoms with E-state index < -0.39 is 30.1 Å². The van der Waals surface area contributed by atoms with Crippen LogP contribution in [0.1, 0.15) is 50.2 Å². The van der Waals surface area contributed by atoms with Gasteiger partial charge in [-0.05, 0) is 53.4 Å². The van der Waals surface area contributed by atoms with Crippen molar-refractivity contribution >= 4 is 18.0 Å². The summed E-state index contributed by atoms with van der Waals surface area (Å²) >= 11 is 0. The number of rotatable bonds is 9. The first-order valence-corrected chi connectivity index (χ1v) is 11.5. The summed E-state index contributed by atoms with van der Waals surface area (Å²) in [4.78, 5) is 37.0. The van der Waals surface area contributed by atoms with E-state index in [0.29, 0.717) is 6.42 Å². The Labute approximate surface area is 193 Å². The minimum Gasteiger partial charge on any atom is -0.480 e. The fourth-order valence-electron chi connectivity index (χ4n) is 4.55. The largest absolute Gasteiger partial charge is 0.480 e. The van der Waals surface area contributed by atoms with E-state index >= 15 is 0 Å². The lowest BCUT2D eigenvalue weighted by atomic mass is 9.98. The van der Waals surface area contributed by atoms with Gasteiger partial charge >= 0.3 is 12.1 Å². The van der Waals surface area contributed by atoms with E-state index in [0.717, 1.165) is 35.1 Å². The third-order valence-corrected chi connectivity index (χ3v) is 6.31. The van der Waals surface area contributed by atoms with Gasteiger partial charge in [0.25, 0.3) is 0 Å². The summed E-state index contributed by atoms with van der Waals surface area (Å²) in [5, 5.41) is 14.7. The Bertz CT molecular complexity index is 1000. The Kier molecular flexibility index (Phi) is 6.67. The highest BCUT2D eigenvalue weighted by atomic mass is 16.5. The molecule has 2 aromatic carbocycles. The average Bonchev–Trinajstić information content (AvgIpc) is 3.57. The predicted molar refractivity (Wildman–Crippen MR) is 124 cm³/mol. The second kappa shape index (κ2) is 9.65. The molecule has 0 radical (unpaired) electrons. The van der Waals surface area contributed by atoms with E-state index in [-0.39, 0.29) is 24.4 Å². The van der Waals surface area contributed by atoms with E-state index in [1.165, 1.54) is 0 Å². The highest BCUT2D eigenvalue weighted by Gasteiger charge is 2.39. The van der Waals surface area contributed by atoms with Gasteiger partial charge in [0.15, 0.2) is 0 Å². The van der Waals surface area contributed by atoms with Crippen LogP contribution in [-0.4, -0.2) is 41.8 Å². The highest BCUT2D eigenvalue weighted by molar-refractivity contribution is 5.89. The number of hydrogen-bond acceptors (Lipinski definition) is 4. The number of carbonyl (C=O) groups excluding carboxylic acids is 2. The number of ether oxygens (including phenoxy) is 1. The molecule has 2 aromatic rings. The number of aliphatic carboxylic acids is 1. The minimum absolute atomic E-state index is 0.000947. The van der Waals surface area contributed by atoms with E-state index in [2.05, 4.69) is 22.8 Å². The van der Waals surface area contributed by atoms with Crippen LogP contribution in [0, 0.1) is 11.8 Å². The molecule has 2 atom stereocenters. The van der Waals surface area contributed by atoms with Crippen molar-refractivity contribution in [2.75, 3.05) is 6.61 Å². The second-order valence-electron chi connectivity index (χ2n) is 9.31. The van der Waals surface area contributed by atoms with E-state index in [1.54, 1.807) is 0 Å². The topological polar surface area (TPSA) is 105 Å². The van der Waals surface area contributed by atoms with E-state index in [4.69, 9.17) is 4.74 Å². The number of amides is 2. The zero-order valence-electron chi connectivity index (χ0n) is 18.9. The molecule has 1 saturated carbocycles. The van der Waals surface area contributed by atoms with Crippen molar-refractivity contribution in [3.8, 4) is 11.1 Å². The molecule has 4 rings (SSSR count). The van der Waals surface area contributed by atoms with Crippen LogP contribution in [0.15, 0.2) is 48.5 Å². The molecule has 2 unspecified atom stereocenters. The van der Waals surface area contributed by atoms with Gasteiger partial charge in [-0.1, -0.05) is 62.4 Å². The Morgan fingerprint density at radius 1 is 0.970 bits per heavy atom. The molecule has 33 heavy (non-hydrogen) atoms. The predicted octanol–water partition coefficient (Wildman–Crippen LogP) is 3.92. The van der Waals surface area contributed by atoms with Crippen molar-refractivity contribution in [3.05, 3.63) is 59.7 Å². The van der Waals surface area contributed by atoms with Gasteiger partial charge in [-0.15, -0.1) is 0 Å². The van der Waals surface area contributed by atoms with Crippen LogP contribution >= 0.6 is 0 Å². The van der Waals surface area contributed by atoms with Gasteiger partial charge in [-0.3, -0.25) is 4.79 Å². The fourth-order valence-corrected chi connectivity index (χ4v) is 4.55. The van der Waals surface area contributed by atoms with Gasteiger partial charge in [0.2, 0.25) is 5.91 Å².